The maximum Gasteiger partial charge on any atom is 0.0537 e. The van der Waals surface area contributed by atoms with E-state index in [0.29, 0.717) is 18.0 Å². The molecule has 1 fully saturated rings. The Morgan fingerprint density at radius 2 is 2.35 bits per heavy atom. The summed E-state index contributed by atoms with van der Waals surface area (Å²) in [5.41, 5.74) is 7.45. The van der Waals surface area contributed by atoms with E-state index >= 15 is 0 Å². The van der Waals surface area contributed by atoms with Crippen LogP contribution in [0.4, 0.5) is 0 Å². The Morgan fingerprint density at radius 1 is 1.59 bits per heavy atom. The van der Waals surface area contributed by atoms with Gasteiger partial charge < -0.3 is 5.73 Å². The third kappa shape index (κ3) is 2.69. The minimum atomic E-state index is 0.312. The average molecular weight is 236 g/mol. The molecule has 1 saturated heterocycles. The van der Waals surface area contributed by atoms with Crippen molar-refractivity contribution in [3.8, 4) is 0 Å². The first kappa shape index (κ1) is 12.6. The number of piperidine rings is 1. The summed E-state index contributed by atoms with van der Waals surface area (Å²) in [5, 5.41) is 4.34. The molecule has 0 radical (unpaired) electrons. The predicted octanol–water partition coefficient (Wildman–Crippen LogP) is 1.63. The first-order valence-electron chi connectivity index (χ1n) is 6.63. The molecular weight excluding hydrogens is 212 g/mol. The van der Waals surface area contributed by atoms with Gasteiger partial charge in [-0.15, -0.1) is 0 Å². The van der Waals surface area contributed by atoms with Gasteiger partial charge in [0, 0.05) is 36.9 Å². The van der Waals surface area contributed by atoms with Crippen LogP contribution in [0.3, 0.4) is 0 Å². The van der Waals surface area contributed by atoms with Crippen molar-refractivity contribution in [1.82, 2.24) is 14.7 Å². The van der Waals surface area contributed by atoms with Crippen LogP contribution in [-0.2, 0) is 6.54 Å². The zero-order valence-corrected chi connectivity index (χ0v) is 11.1. The maximum absolute atomic E-state index is 6.15. The van der Waals surface area contributed by atoms with Crippen molar-refractivity contribution in [2.45, 2.75) is 45.8 Å². The molecule has 0 aromatic carbocycles. The number of rotatable bonds is 3. The van der Waals surface area contributed by atoms with Crippen LogP contribution >= 0.6 is 0 Å². The van der Waals surface area contributed by atoms with Crippen molar-refractivity contribution in [3.05, 3.63) is 18.0 Å². The van der Waals surface area contributed by atoms with Gasteiger partial charge in [-0.1, -0.05) is 6.92 Å². The predicted molar refractivity (Wildman–Crippen MR) is 69.6 cm³/mol. The van der Waals surface area contributed by atoms with E-state index < -0.39 is 0 Å². The van der Waals surface area contributed by atoms with Crippen LogP contribution in [0.2, 0.25) is 0 Å². The van der Waals surface area contributed by atoms with Gasteiger partial charge in [0.15, 0.2) is 0 Å². The minimum absolute atomic E-state index is 0.312. The monoisotopic (exact) mass is 236 g/mol. The third-order valence-electron chi connectivity index (χ3n) is 4.06. The number of hydrogen-bond donors (Lipinski definition) is 1. The van der Waals surface area contributed by atoms with Gasteiger partial charge in [-0.3, -0.25) is 9.58 Å². The Hall–Kier alpha value is -0.870. The van der Waals surface area contributed by atoms with Gasteiger partial charge in [0.05, 0.1) is 6.20 Å². The second kappa shape index (κ2) is 5.19. The van der Waals surface area contributed by atoms with E-state index in [-0.39, 0.29) is 0 Å². The Bertz CT molecular complexity index is 360. The van der Waals surface area contributed by atoms with E-state index in [1.807, 2.05) is 10.9 Å². The SMILES string of the molecule is CCn1cc(C(C)N2CCC(C)C(N)C2)cn1. The molecule has 3 atom stereocenters. The minimum Gasteiger partial charge on any atom is -0.326 e. The number of aryl methyl sites for hydroxylation is 1. The maximum atomic E-state index is 6.15. The van der Waals surface area contributed by atoms with Gasteiger partial charge in [-0.2, -0.15) is 5.10 Å². The molecule has 2 N–H and O–H groups in total. The molecule has 1 aromatic rings. The molecule has 0 spiro atoms. The lowest BCUT2D eigenvalue weighted by molar-refractivity contribution is 0.128. The first-order chi connectivity index (χ1) is 8.11. The molecular formula is C13H24N4. The summed E-state index contributed by atoms with van der Waals surface area (Å²) in [7, 11) is 0. The molecule has 2 rings (SSSR count). The Labute approximate surface area is 104 Å². The fourth-order valence-electron chi connectivity index (χ4n) is 2.46. The van der Waals surface area contributed by atoms with Gasteiger partial charge in [0.25, 0.3) is 0 Å². The Balaban J connectivity index is 2.02. The number of nitrogens with two attached hydrogens (primary N) is 1. The quantitative estimate of drug-likeness (QED) is 0.867. The van der Waals surface area contributed by atoms with Crippen LogP contribution in [0.1, 0.15) is 38.8 Å². The molecule has 1 aliphatic rings. The van der Waals surface area contributed by atoms with Crippen molar-refractivity contribution in [2.75, 3.05) is 13.1 Å². The molecule has 2 heterocycles. The van der Waals surface area contributed by atoms with Crippen molar-refractivity contribution in [2.24, 2.45) is 11.7 Å². The standard InChI is InChI=1S/C13H24N4/c1-4-17-8-12(7-15-17)11(3)16-6-5-10(2)13(14)9-16/h7-8,10-11,13H,4-6,9,14H2,1-3H3. The van der Waals surface area contributed by atoms with Crippen LogP contribution in [0.5, 0.6) is 0 Å². The number of likely N-dealkylation sites (tertiary alicyclic amines) is 1. The van der Waals surface area contributed by atoms with Crippen LogP contribution in [0.15, 0.2) is 12.4 Å². The highest BCUT2D eigenvalue weighted by molar-refractivity contribution is 5.10. The second-order valence-corrected chi connectivity index (χ2v) is 5.23. The largest absolute Gasteiger partial charge is 0.326 e. The van der Waals surface area contributed by atoms with E-state index in [9.17, 15) is 0 Å². The summed E-state index contributed by atoms with van der Waals surface area (Å²) in [6.45, 7) is 9.69. The van der Waals surface area contributed by atoms with E-state index in [0.717, 1.165) is 19.6 Å². The van der Waals surface area contributed by atoms with E-state index in [4.69, 9.17) is 5.73 Å². The summed E-state index contributed by atoms with van der Waals surface area (Å²) in [4.78, 5) is 2.47. The van der Waals surface area contributed by atoms with Crippen LogP contribution < -0.4 is 5.73 Å². The summed E-state index contributed by atoms with van der Waals surface area (Å²) in [6, 6.07) is 0.737. The molecule has 17 heavy (non-hydrogen) atoms. The normalized spacial score (nSPS) is 28.2. The summed E-state index contributed by atoms with van der Waals surface area (Å²) in [6.07, 6.45) is 5.33. The van der Waals surface area contributed by atoms with Gasteiger partial charge in [-0.05, 0) is 32.7 Å². The lowest BCUT2D eigenvalue weighted by Gasteiger charge is -2.38. The van der Waals surface area contributed by atoms with Gasteiger partial charge in [-0.25, -0.2) is 0 Å². The summed E-state index contributed by atoms with van der Waals surface area (Å²) >= 11 is 0. The number of aromatic nitrogens is 2. The van der Waals surface area contributed by atoms with Crippen molar-refractivity contribution in [1.29, 1.82) is 0 Å². The Morgan fingerprint density at radius 3 is 2.94 bits per heavy atom. The smallest absolute Gasteiger partial charge is 0.0537 e. The van der Waals surface area contributed by atoms with Gasteiger partial charge in [0.2, 0.25) is 0 Å². The first-order valence-corrected chi connectivity index (χ1v) is 6.63. The highest BCUT2D eigenvalue weighted by Gasteiger charge is 2.27. The lowest BCUT2D eigenvalue weighted by Crippen LogP contribution is -2.48. The van der Waals surface area contributed by atoms with Crippen molar-refractivity contribution in [3.63, 3.8) is 0 Å². The molecule has 0 saturated carbocycles. The van der Waals surface area contributed by atoms with E-state index in [1.54, 1.807) is 0 Å². The third-order valence-corrected chi connectivity index (χ3v) is 4.06. The van der Waals surface area contributed by atoms with Crippen LogP contribution in [-0.4, -0.2) is 33.8 Å². The molecule has 4 heteroatoms. The van der Waals surface area contributed by atoms with Crippen LogP contribution in [0.25, 0.3) is 0 Å². The molecule has 0 aliphatic carbocycles. The number of hydrogen-bond acceptors (Lipinski definition) is 3. The van der Waals surface area contributed by atoms with Crippen LogP contribution in [0, 0.1) is 5.92 Å². The van der Waals surface area contributed by atoms with Crippen molar-refractivity contribution >= 4 is 0 Å². The summed E-state index contributed by atoms with van der Waals surface area (Å²) < 4.78 is 1.98. The summed E-state index contributed by atoms with van der Waals surface area (Å²) in [5.74, 6) is 0.650. The molecule has 0 amide bonds. The van der Waals surface area contributed by atoms with E-state index in [1.165, 1.54) is 12.0 Å². The lowest BCUT2D eigenvalue weighted by atomic mass is 9.93. The fourth-order valence-corrected chi connectivity index (χ4v) is 2.46. The molecule has 1 aliphatic heterocycles. The molecule has 96 valence electrons. The topological polar surface area (TPSA) is 47.1 Å². The molecule has 1 aromatic heterocycles. The second-order valence-electron chi connectivity index (χ2n) is 5.23. The molecule has 0 bridgehead atoms. The van der Waals surface area contributed by atoms with Crippen molar-refractivity contribution < 1.29 is 0 Å². The number of nitrogens with zero attached hydrogens (tertiary/aromatic N) is 3. The highest BCUT2D eigenvalue weighted by atomic mass is 15.3. The van der Waals surface area contributed by atoms with Gasteiger partial charge >= 0.3 is 0 Å². The molecule has 4 nitrogen and oxygen atoms in total. The zero-order valence-electron chi connectivity index (χ0n) is 11.1. The highest BCUT2D eigenvalue weighted by Crippen LogP contribution is 2.25. The average Bonchev–Trinajstić information content (AvgIpc) is 2.80. The Kier molecular flexibility index (Phi) is 3.84. The van der Waals surface area contributed by atoms with E-state index in [2.05, 4.69) is 37.0 Å². The zero-order chi connectivity index (χ0) is 12.4. The van der Waals surface area contributed by atoms with Gasteiger partial charge in [0.1, 0.15) is 0 Å². The molecule has 3 unspecified atom stereocenters. The fraction of sp³-hybridized carbons (Fsp3) is 0.769.